The normalized spacial score (nSPS) is 23.1. The van der Waals surface area contributed by atoms with Crippen molar-refractivity contribution in [1.82, 2.24) is 15.1 Å². The molecule has 3 N–H and O–H groups in total. The molecule has 2 atom stereocenters. The van der Waals surface area contributed by atoms with Crippen LogP contribution in [0, 0.1) is 17.8 Å². The van der Waals surface area contributed by atoms with Gasteiger partial charge in [-0.3, -0.25) is 9.59 Å². The second-order valence-corrected chi connectivity index (χ2v) is 11.1. The molecule has 0 radical (unpaired) electrons. The van der Waals surface area contributed by atoms with Gasteiger partial charge in [0.1, 0.15) is 6.04 Å². The highest BCUT2D eigenvalue weighted by atomic mass is 32.2. The SMILES string of the molecule is CC(C)CC(C(=O)N1CCC(CS(N)(=O)=O)CC1)N1CCN[C@@H](CC(C)C)C1=O. The summed E-state index contributed by atoms with van der Waals surface area (Å²) in [7, 11) is -3.50. The lowest BCUT2D eigenvalue weighted by Crippen LogP contribution is -2.62. The fourth-order valence-corrected chi connectivity index (χ4v) is 5.38. The summed E-state index contributed by atoms with van der Waals surface area (Å²) in [5, 5.41) is 8.47. The molecular weight excluding hydrogens is 392 g/mol. The summed E-state index contributed by atoms with van der Waals surface area (Å²) in [6.07, 6.45) is 2.65. The third kappa shape index (κ3) is 7.22. The van der Waals surface area contributed by atoms with Crippen molar-refractivity contribution in [3.8, 4) is 0 Å². The molecular formula is C20H38N4O4S. The zero-order chi connectivity index (χ0) is 21.8. The van der Waals surface area contributed by atoms with E-state index in [4.69, 9.17) is 5.14 Å². The van der Waals surface area contributed by atoms with Crippen LogP contribution in [0.3, 0.4) is 0 Å². The Morgan fingerprint density at radius 2 is 1.76 bits per heavy atom. The van der Waals surface area contributed by atoms with E-state index >= 15 is 0 Å². The van der Waals surface area contributed by atoms with Crippen LogP contribution in [0.15, 0.2) is 0 Å². The number of hydrogen-bond acceptors (Lipinski definition) is 5. The topological polar surface area (TPSA) is 113 Å². The van der Waals surface area contributed by atoms with Gasteiger partial charge in [-0.1, -0.05) is 27.7 Å². The smallest absolute Gasteiger partial charge is 0.245 e. The number of amides is 2. The van der Waals surface area contributed by atoms with Gasteiger partial charge < -0.3 is 15.1 Å². The minimum Gasteiger partial charge on any atom is -0.341 e. The number of likely N-dealkylation sites (tertiary alicyclic amines) is 1. The quantitative estimate of drug-likeness (QED) is 0.591. The first-order valence-electron chi connectivity index (χ1n) is 10.8. The van der Waals surface area contributed by atoms with Crippen LogP contribution in [0.1, 0.15) is 53.4 Å². The van der Waals surface area contributed by atoms with Crippen LogP contribution in [0.5, 0.6) is 0 Å². The van der Waals surface area contributed by atoms with Crippen molar-refractivity contribution in [1.29, 1.82) is 0 Å². The molecule has 2 aliphatic heterocycles. The van der Waals surface area contributed by atoms with E-state index in [2.05, 4.69) is 33.0 Å². The Kier molecular flexibility index (Phi) is 8.48. The minimum absolute atomic E-state index is 0.00570. The molecule has 0 spiro atoms. The Balaban J connectivity index is 2.07. The number of rotatable bonds is 8. The van der Waals surface area contributed by atoms with Crippen LogP contribution < -0.4 is 10.5 Å². The molecule has 2 fully saturated rings. The van der Waals surface area contributed by atoms with E-state index in [0.29, 0.717) is 51.4 Å². The van der Waals surface area contributed by atoms with E-state index < -0.39 is 16.1 Å². The van der Waals surface area contributed by atoms with Crippen molar-refractivity contribution in [3.63, 3.8) is 0 Å². The van der Waals surface area contributed by atoms with Gasteiger partial charge in [0.15, 0.2) is 0 Å². The number of sulfonamides is 1. The fourth-order valence-electron chi connectivity index (χ4n) is 4.39. The highest BCUT2D eigenvalue weighted by molar-refractivity contribution is 7.89. The number of primary sulfonamides is 1. The Morgan fingerprint density at radius 3 is 2.28 bits per heavy atom. The van der Waals surface area contributed by atoms with E-state index in [0.717, 1.165) is 6.42 Å². The van der Waals surface area contributed by atoms with Gasteiger partial charge >= 0.3 is 0 Å². The molecule has 2 amide bonds. The van der Waals surface area contributed by atoms with Gasteiger partial charge in [-0.05, 0) is 43.4 Å². The van der Waals surface area contributed by atoms with Crippen molar-refractivity contribution < 1.29 is 18.0 Å². The number of carbonyl (C=O) groups is 2. The maximum Gasteiger partial charge on any atom is 0.245 e. The maximum atomic E-state index is 13.4. The summed E-state index contributed by atoms with van der Waals surface area (Å²) in [5.41, 5.74) is 0. The van der Waals surface area contributed by atoms with Crippen LogP contribution in [0.25, 0.3) is 0 Å². The monoisotopic (exact) mass is 430 g/mol. The molecule has 8 nitrogen and oxygen atoms in total. The number of hydrogen-bond donors (Lipinski definition) is 2. The van der Waals surface area contributed by atoms with E-state index in [1.165, 1.54) is 0 Å². The lowest BCUT2D eigenvalue weighted by molar-refractivity contribution is -0.150. The largest absolute Gasteiger partial charge is 0.341 e. The van der Waals surface area contributed by atoms with Crippen LogP contribution in [-0.2, 0) is 19.6 Å². The maximum absolute atomic E-state index is 13.4. The average Bonchev–Trinajstić information content (AvgIpc) is 2.60. The number of nitrogens with two attached hydrogens (primary N) is 1. The van der Waals surface area contributed by atoms with Gasteiger partial charge in [0.25, 0.3) is 0 Å². The van der Waals surface area contributed by atoms with Crippen LogP contribution in [-0.4, -0.2) is 74.0 Å². The Hall–Kier alpha value is -1.19. The molecule has 2 heterocycles. The van der Waals surface area contributed by atoms with Gasteiger partial charge in [0, 0.05) is 26.2 Å². The van der Waals surface area contributed by atoms with Crippen LogP contribution in [0.2, 0.25) is 0 Å². The summed E-state index contributed by atoms with van der Waals surface area (Å²) in [6, 6.07) is -0.680. The molecule has 2 saturated heterocycles. The first-order valence-corrected chi connectivity index (χ1v) is 12.5. The third-order valence-corrected chi connectivity index (χ3v) is 6.72. The predicted octanol–water partition coefficient (Wildman–Crippen LogP) is 0.775. The number of piperazine rings is 1. The second kappa shape index (κ2) is 10.2. The molecule has 2 rings (SSSR count). The number of piperidine rings is 1. The Bertz CT molecular complexity index is 672. The molecule has 0 aromatic rings. The predicted molar refractivity (Wildman–Crippen MR) is 113 cm³/mol. The zero-order valence-electron chi connectivity index (χ0n) is 18.3. The van der Waals surface area contributed by atoms with E-state index in [9.17, 15) is 18.0 Å². The van der Waals surface area contributed by atoms with Crippen molar-refractivity contribution in [2.24, 2.45) is 22.9 Å². The molecule has 168 valence electrons. The highest BCUT2D eigenvalue weighted by Crippen LogP contribution is 2.23. The summed E-state index contributed by atoms with van der Waals surface area (Å²) in [6.45, 7) is 10.6. The summed E-state index contributed by atoms with van der Waals surface area (Å²) >= 11 is 0. The molecule has 1 unspecified atom stereocenters. The van der Waals surface area contributed by atoms with Crippen molar-refractivity contribution in [2.45, 2.75) is 65.5 Å². The van der Waals surface area contributed by atoms with Crippen LogP contribution in [0.4, 0.5) is 0 Å². The van der Waals surface area contributed by atoms with Gasteiger partial charge in [0.2, 0.25) is 21.8 Å². The Labute approximate surface area is 175 Å². The minimum atomic E-state index is -3.50. The standard InChI is InChI=1S/C20H38N4O4S/c1-14(2)11-17-19(25)24(10-7-22-17)18(12-15(3)4)20(26)23-8-5-16(6-9-23)13-29(21,27)28/h14-18,22H,5-13H2,1-4H3,(H2,21,27,28)/t17-,18?/m0/s1. The molecule has 0 aromatic heterocycles. The Morgan fingerprint density at radius 1 is 1.14 bits per heavy atom. The van der Waals surface area contributed by atoms with E-state index in [-0.39, 0.29) is 35.4 Å². The van der Waals surface area contributed by atoms with Gasteiger partial charge in [0.05, 0.1) is 11.8 Å². The summed E-state index contributed by atoms with van der Waals surface area (Å²) < 4.78 is 22.7. The molecule has 0 aromatic carbocycles. The number of nitrogens with zero attached hydrogens (tertiary/aromatic N) is 2. The molecule has 9 heteroatoms. The van der Waals surface area contributed by atoms with Gasteiger partial charge in [-0.15, -0.1) is 0 Å². The van der Waals surface area contributed by atoms with Gasteiger partial charge in [-0.25, -0.2) is 13.6 Å². The number of carbonyl (C=O) groups excluding carboxylic acids is 2. The molecule has 0 bridgehead atoms. The molecule has 2 aliphatic rings. The lowest BCUT2D eigenvalue weighted by Gasteiger charge is -2.42. The molecule has 0 aliphatic carbocycles. The lowest BCUT2D eigenvalue weighted by atomic mass is 9.94. The van der Waals surface area contributed by atoms with Crippen LogP contribution >= 0.6 is 0 Å². The summed E-state index contributed by atoms with van der Waals surface area (Å²) in [5.74, 6) is 0.661. The second-order valence-electron chi connectivity index (χ2n) is 9.41. The van der Waals surface area contributed by atoms with E-state index in [1.807, 2.05) is 0 Å². The van der Waals surface area contributed by atoms with Gasteiger partial charge in [-0.2, -0.15) is 0 Å². The van der Waals surface area contributed by atoms with Crippen molar-refractivity contribution in [3.05, 3.63) is 0 Å². The molecule has 29 heavy (non-hydrogen) atoms. The first kappa shape index (κ1) is 24.1. The highest BCUT2D eigenvalue weighted by Gasteiger charge is 2.39. The van der Waals surface area contributed by atoms with Crippen molar-refractivity contribution >= 4 is 21.8 Å². The van der Waals surface area contributed by atoms with E-state index in [1.54, 1.807) is 9.80 Å². The molecule has 0 saturated carbocycles. The van der Waals surface area contributed by atoms with Crippen molar-refractivity contribution in [2.75, 3.05) is 31.9 Å². The first-order chi connectivity index (χ1) is 13.5. The fraction of sp³-hybridized carbons (Fsp3) is 0.900. The third-order valence-electron chi connectivity index (χ3n) is 5.78. The zero-order valence-corrected chi connectivity index (χ0v) is 19.1. The summed E-state index contributed by atoms with van der Waals surface area (Å²) in [4.78, 5) is 30.0. The number of nitrogens with one attached hydrogen (secondary N) is 1. The average molecular weight is 431 g/mol.